The molecule has 0 aliphatic rings. The first-order valence-corrected chi connectivity index (χ1v) is 6.79. The van der Waals surface area contributed by atoms with E-state index in [1.165, 1.54) is 5.56 Å². The zero-order chi connectivity index (χ0) is 13.7. The molecule has 0 saturated heterocycles. The first kappa shape index (κ1) is 13.7. The highest BCUT2D eigenvalue weighted by molar-refractivity contribution is 7.80. The molecular formula is C16H17NOS. The molecule has 1 amide bonds. The van der Waals surface area contributed by atoms with Gasteiger partial charge in [0.2, 0.25) is 0 Å². The first-order valence-electron chi connectivity index (χ1n) is 6.34. The maximum absolute atomic E-state index is 11.9. The van der Waals surface area contributed by atoms with E-state index in [0.29, 0.717) is 12.1 Å². The number of hydrogen-bond acceptors (Lipinski definition) is 2. The van der Waals surface area contributed by atoms with E-state index in [1.807, 2.05) is 12.1 Å². The molecule has 0 unspecified atom stereocenters. The van der Waals surface area contributed by atoms with Gasteiger partial charge in [-0.25, -0.2) is 0 Å². The third-order valence-electron chi connectivity index (χ3n) is 3.01. The smallest absolute Gasteiger partial charge is 0.251 e. The number of nitrogens with one attached hydrogen (secondary N) is 1. The third kappa shape index (κ3) is 3.86. The lowest BCUT2D eigenvalue weighted by Crippen LogP contribution is -2.22. The van der Waals surface area contributed by atoms with Crippen LogP contribution in [-0.4, -0.2) is 5.91 Å². The molecule has 0 aliphatic heterocycles. The summed E-state index contributed by atoms with van der Waals surface area (Å²) in [6.07, 6.45) is 1.03. The molecule has 0 spiro atoms. The summed E-state index contributed by atoms with van der Waals surface area (Å²) >= 11 is 4.20. The Labute approximate surface area is 119 Å². The molecule has 0 bridgehead atoms. The first-order chi connectivity index (χ1) is 9.19. The zero-order valence-electron chi connectivity index (χ0n) is 10.9. The molecule has 0 heterocycles. The molecule has 3 heteroatoms. The van der Waals surface area contributed by atoms with Crippen LogP contribution in [-0.2, 0) is 13.0 Å². The molecule has 2 nitrogen and oxygen atoms in total. The van der Waals surface area contributed by atoms with Crippen LogP contribution in [0.4, 0.5) is 0 Å². The molecule has 0 atom stereocenters. The second kappa shape index (κ2) is 6.43. The van der Waals surface area contributed by atoms with Gasteiger partial charge in [-0.2, -0.15) is 0 Å². The topological polar surface area (TPSA) is 29.1 Å². The molecular weight excluding hydrogens is 254 g/mol. The van der Waals surface area contributed by atoms with Crippen molar-refractivity contribution in [3.8, 4) is 0 Å². The van der Waals surface area contributed by atoms with E-state index in [1.54, 1.807) is 12.1 Å². The summed E-state index contributed by atoms with van der Waals surface area (Å²) in [4.78, 5) is 12.8. The summed E-state index contributed by atoms with van der Waals surface area (Å²) in [5, 5.41) is 2.91. The van der Waals surface area contributed by atoms with Gasteiger partial charge in [0.05, 0.1) is 0 Å². The summed E-state index contributed by atoms with van der Waals surface area (Å²) in [6.45, 7) is 2.67. The Balaban J connectivity index is 1.94. The minimum atomic E-state index is -0.0621. The number of hydrogen-bond donors (Lipinski definition) is 2. The summed E-state index contributed by atoms with van der Waals surface area (Å²) in [7, 11) is 0. The molecule has 2 aromatic carbocycles. The fourth-order valence-corrected chi connectivity index (χ4v) is 1.94. The van der Waals surface area contributed by atoms with Crippen molar-refractivity contribution in [3.05, 3.63) is 65.2 Å². The van der Waals surface area contributed by atoms with Crippen LogP contribution in [0.2, 0.25) is 0 Å². The molecule has 0 aliphatic carbocycles. The predicted octanol–water partition coefficient (Wildman–Crippen LogP) is 3.47. The van der Waals surface area contributed by atoms with E-state index in [0.717, 1.165) is 16.9 Å². The summed E-state index contributed by atoms with van der Waals surface area (Å²) in [6, 6.07) is 15.5. The van der Waals surface area contributed by atoms with Gasteiger partial charge >= 0.3 is 0 Å². The minimum absolute atomic E-state index is 0.0621. The number of rotatable bonds is 4. The monoisotopic (exact) mass is 271 g/mol. The normalized spacial score (nSPS) is 10.2. The van der Waals surface area contributed by atoms with Gasteiger partial charge in [0.15, 0.2) is 0 Å². The number of amides is 1. The average Bonchev–Trinajstić information content (AvgIpc) is 2.46. The Morgan fingerprint density at radius 2 is 1.58 bits per heavy atom. The van der Waals surface area contributed by atoms with Crippen LogP contribution in [0.25, 0.3) is 0 Å². The van der Waals surface area contributed by atoms with E-state index in [4.69, 9.17) is 0 Å². The van der Waals surface area contributed by atoms with Crippen LogP contribution in [0.5, 0.6) is 0 Å². The number of carbonyl (C=O) groups excluding carboxylic acids is 1. The second-order valence-corrected chi connectivity index (χ2v) is 4.92. The van der Waals surface area contributed by atoms with E-state index in [9.17, 15) is 4.79 Å². The van der Waals surface area contributed by atoms with Crippen molar-refractivity contribution >= 4 is 18.5 Å². The van der Waals surface area contributed by atoms with Crippen LogP contribution in [0, 0.1) is 0 Å². The molecule has 98 valence electrons. The van der Waals surface area contributed by atoms with Gasteiger partial charge in [-0.05, 0) is 41.8 Å². The predicted molar refractivity (Wildman–Crippen MR) is 80.7 cm³/mol. The number of aryl methyl sites for hydroxylation is 1. The molecule has 2 aromatic rings. The molecule has 19 heavy (non-hydrogen) atoms. The van der Waals surface area contributed by atoms with Gasteiger partial charge < -0.3 is 5.32 Å². The van der Waals surface area contributed by atoms with Crippen LogP contribution in [0.3, 0.4) is 0 Å². The minimum Gasteiger partial charge on any atom is -0.348 e. The fraction of sp³-hybridized carbons (Fsp3) is 0.188. The summed E-state index contributed by atoms with van der Waals surface area (Å²) in [5.74, 6) is -0.0621. The molecule has 2 rings (SSSR count). The number of carbonyl (C=O) groups is 1. The summed E-state index contributed by atoms with van der Waals surface area (Å²) in [5.41, 5.74) is 3.07. The van der Waals surface area contributed by atoms with E-state index < -0.39 is 0 Å². The standard InChI is InChI=1S/C16H17NOS/c1-2-12-3-5-13(6-4-12)11-17-16(18)14-7-9-15(19)10-8-14/h3-10,19H,2,11H2,1H3,(H,17,18). The highest BCUT2D eigenvalue weighted by Crippen LogP contribution is 2.08. The maximum atomic E-state index is 11.9. The Hall–Kier alpha value is -1.74. The highest BCUT2D eigenvalue weighted by atomic mass is 32.1. The van der Waals surface area contributed by atoms with E-state index >= 15 is 0 Å². The lowest BCUT2D eigenvalue weighted by molar-refractivity contribution is 0.0951. The molecule has 0 fully saturated rings. The Morgan fingerprint density at radius 3 is 2.16 bits per heavy atom. The highest BCUT2D eigenvalue weighted by Gasteiger charge is 2.04. The van der Waals surface area contributed by atoms with Gasteiger partial charge in [0.25, 0.3) is 5.91 Å². The van der Waals surface area contributed by atoms with Crippen molar-refractivity contribution in [1.29, 1.82) is 0 Å². The largest absolute Gasteiger partial charge is 0.348 e. The maximum Gasteiger partial charge on any atom is 0.251 e. The van der Waals surface area contributed by atoms with Crippen molar-refractivity contribution in [2.24, 2.45) is 0 Å². The number of thiol groups is 1. The van der Waals surface area contributed by atoms with Crippen molar-refractivity contribution < 1.29 is 4.79 Å². The molecule has 1 N–H and O–H groups in total. The van der Waals surface area contributed by atoms with Crippen molar-refractivity contribution in [2.45, 2.75) is 24.8 Å². The van der Waals surface area contributed by atoms with Crippen molar-refractivity contribution in [1.82, 2.24) is 5.32 Å². The lowest BCUT2D eigenvalue weighted by atomic mass is 10.1. The number of benzene rings is 2. The van der Waals surface area contributed by atoms with E-state index in [-0.39, 0.29) is 5.91 Å². The summed E-state index contributed by atoms with van der Waals surface area (Å²) < 4.78 is 0. The van der Waals surface area contributed by atoms with Gasteiger partial charge in [0.1, 0.15) is 0 Å². The lowest BCUT2D eigenvalue weighted by Gasteiger charge is -2.06. The average molecular weight is 271 g/mol. The quantitative estimate of drug-likeness (QED) is 0.819. The Bertz CT molecular complexity index is 546. The van der Waals surface area contributed by atoms with Gasteiger partial charge in [-0.1, -0.05) is 31.2 Å². The van der Waals surface area contributed by atoms with E-state index in [2.05, 4.69) is 49.1 Å². The van der Waals surface area contributed by atoms with Crippen LogP contribution in [0.1, 0.15) is 28.4 Å². The Kier molecular flexibility index (Phi) is 4.63. The second-order valence-electron chi connectivity index (χ2n) is 4.40. The Morgan fingerprint density at radius 1 is 1.00 bits per heavy atom. The fourth-order valence-electron chi connectivity index (χ4n) is 1.79. The van der Waals surface area contributed by atoms with Gasteiger partial charge in [-0.3, -0.25) is 4.79 Å². The third-order valence-corrected chi connectivity index (χ3v) is 3.31. The van der Waals surface area contributed by atoms with Crippen LogP contribution >= 0.6 is 12.6 Å². The molecule has 0 radical (unpaired) electrons. The van der Waals surface area contributed by atoms with Crippen molar-refractivity contribution in [2.75, 3.05) is 0 Å². The van der Waals surface area contributed by atoms with Gasteiger partial charge in [-0.15, -0.1) is 12.6 Å². The molecule has 0 saturated carbocycles. The molecule has 0 aromatic heterocycles. The van der Waals surface area contributed by atoms with Crippen LogP contribution < -0.4 is 5.32 Å². The SMILES string of the molecule is CCc1ccc(CNC(=O)c2ccc(S)cc2)cc1. The van der Waals surface area contributed by atoms with Crippen LogP contribution in [0.15, 0.2) is 53.4 Å². The van der Waals surface area contributed by atoms with Gasteiger partial charge in [0, 0.05) is 17.0 Å². The van der Waals surface area contributed by atoms with Crippen molar-refractivity contribution in [3.63, 3.8) is 0 Å². The zero-order valence-corrected chi connectivity index (χ0v) is 11.8.